The van der Waals surface area contributed by atoms with Crippen LogP contribution in [0.3, 0.4) is 0 Å². The van der Waals surface area contributed by atoms with E-state index in [1.807, 2.05) is 16.8 Å². The summed E-state index contributed by atoms with van der Waals surface area (Å²) in [6.45, 7) is 5.07. The predicted octanol–water partition coefficient (Wildman–Crippen LogP) is 3.29. The van der Waals surface area contributed by atoms with Crippen molar-refractivity contribution in [2.45, 2.75) is 44.1 Å². The Hall–Kier alpha value is -1.92. The lowest BCUT2D eigenvalue weighted by Crippen LogP contribution is -2.41. The van der Waals surface area contributed by atoms with Crippen LogP contribution in [0.25, 0.3) is 0 Å². The Bertz CT molecular complexity index is 746. The van der Waals surface area contributed by atoms with Crippen molar-refractivity contribution in [3.8, 4) is 0 Å². The molecule has 1 fully saturated rings. The number of carbonyl (C=O) groups is 2. The van der Waals surface area contributed by atoms with E-state index in [0.717, 1.165) is 49.1 Å². The molecule has 0 amide bonds. The van der Waals surface area contributed by atoms with Crippen molar-refractivity contribution in [2.75, 3.05) is 13.2 Å². The van der Waals surface area contributed by atoms with E-state index in [0.29, 0.717) is 12.1 Å². The maximum absolute atomic E-state index is 12.9. The quantitative estimate of drug-likeness (QED) is 0.821. The minimum atomic E-state index is -0.591. The van der Waals surface area contributed by atoms with Gasteiger partial charge in [-0.2, -0.15) is 11.3 Å². The molecule has 0 spiro atoms. The van der Waals surface area contributed by atoms with Crippen LogP contribution in [0.1, 0.15) is 43.6 Å². The summed E-state index contributed by atoms with van der Waals surface area (Å²) in [5.41, 5.74) is 3.26. The third-order valence-corrected chi connectivity index (χ3v) is 6.08. The predicted molar refractivity (Wildman–Crippen MR) is 98.6 cm³/mol. The largest absolute Gasteiger partial charge is 0.462 e. The average Bonchev–Trinajstić information content (AvgIpc) is 3.32. The Balaban J connectivity index is 1.63. The van der Waals surface area contributed by atoms with Gasteiger partial charge in [0.15, 0.2) is 5.78 Å². The fourth-order valence-electron chi connectivity index (χ4n) is 4.12. The molecule has 0 radical (unpaired) electrons. The molecule has 3 atom stereocenters. The van der Waals surface area contributed by atoms with Gasteiger partial charge in [0, 0.05) is 35.9 Å². The Morgan fingerprint density at radius 2 is 2.27 bits per heavy atom. The molecular weight excluding hydrogens is 350 g/mol. The molecule has 26 heavy (non-hydrogen) atoms. The molecule has 1 saturated heterocycles. The lowest BCUT2D eigenvalue weighted by molar-refractivity contribution is -0.151. The minimum absolute atomic E-state index is 0.0190. The van der Waals surface area contributed by atoms with E-state index in [1.54, 1.807) is 11.3 Å². The van der Waals surface area contributed by atoms with E-state index in [2.05, 4.69) is 11.9 Å². The SMILES string of the molecule is C=C1NC2=C(C(=O)CCC2)C(c2ccsc2)C1C(=O)OCC1CCCO1. The topological polar surface area (TPSA) is 64.6 Å². The fraction of sp³-hybridized carbons (Fsp3) is 0.500. The number of nitrogens with one attached hydrogen (secondary N) is 1. The lowest BCUT2D eigenvalue weighted by Gasteiger charge is -2.37. The summed E-state index contributed by atoms with van der Waals surface area (Å²) < 4.78 is 11.1. The third kappa shape index (κ3) is 3.23. The highest BCUT2D eigenvalue weighted by Gasteiger charge is 2.44. The summed E-state index contributed by atoms with van der Waals surface area (Å²) in [6.07, 6.45) is 4.09. The van der Waals surface area contributed by atoms with Gasteiger partial charge in [0.2, 0.25) is 0 Å². The van der Waals surface area contributed by atoms with Gasteiger partial charge >= 0.3 is 5.97 Å². The first-order chi connectivity index (χ1) is 12.6. The monoisotopic (exact) mass is 373 g/mol. The van der Waals surface area contributed by atoms with Crippen LogP contribution in [0, 0.1) is 5.92 Å². The number of esters is 1. The van der Waals surface area contributed by atoms with Crippen LogP contribution < -0.4 is 5.32 Å². The summed E-state index contributed by atoms with van der Waals surface area (Å²) in [6, 6.07) is 1.99. The second-order valence-electron chi connectivity index (χ2n) is 7.10. The fourth-order valence-corrected chi connectivity index (χ4v) is 4.82. The van der Waals surface area contributed by atoms with Crippen molar-refractivity contribution in [1.29, 1.82) is 0 Å². The number of allylic oxidation sites excluding steroid dienone is 2. The highest BCUT2D eigenvalue weighted by molar-refractivity contribution is 7.08. The molecule has 1 aromatic heterocycles. The molecule has 3 aliphatic rings. The van der Waals surface area contributed by atoms with E-state index in [4.69, 9.17) is 9.47 Å². The number of hydrogen-bond acceptors (Lipinski definition) is 6. The van der Waals surface area contributed by atoms with Crippen molar-refractivity contribution >= 4 is 23.1 Å². The van der Waals surface area contributed by atoms with Gasteiger partial charge in [0.1, 0.15) is 12.5 Å². The second kappa shape index (κ2) is 7.37. The van der Waals surface area contributed by atoms with Crippen molar-refractivity contribution in [3.63, 3.8) is 0 Å². The van der Waals surface area contributed by atoms with Crippen LogP contribution in [0.2, 0.25) is 0 Å². The lowest BCUT2D eigenvalue weighted by atomic mass is 9.72. The average molecular weight is 373 g/mol. The van der Waals surface area contributed by atoms with Gasteiger partial charge in [0.25, 0.3) is 0 Å². The van der Waals surface area contributed by atoms with Crippen LogP contribution in [0.15, 0.2) is 40.4 Å². The standard InChI is InChI=1S/C20H23NO4S/c1-12-17(20(23)25-10-14-4-3-8-24-14)18(13-7-9-26-11-13)19-15(21-12)5-2-6-16(19)22/h7,9,11,14,17-18,21H,1-6,8,10H2. The van der Waals surface area contributed by atoms with E-state index in [-0.39, 0.29) is 30.4 Å². The molecule has 0 saturated carbocycles. The summed E-state index contributed by atoms with van der Waals surface area (Å²) in [7, 11) is 0. The summed E-state index contributed by atoms with van der Waals surface area (Å²) in [4.78, 5) is 25.6. The van der Waals surface area contributed by atoms with Gasteiger partial charge < -0.3 is 14.8 Å². The highest BCUT2D eigenvalue weighted by Crippen LogP contribution is 2.44. The maximum Gasteiger partial charge on any atom is 0.315 e. The molecule has 0 bridgehead atoms. The van der Waals surface area contributed by atoms with Gasteiger partial charge in [-0.25, -0.2) is 0 Å². The Labute approximate surface area is 157 Å². The van der Waals surface area contributed by atoms with Crippen LogP contribution in [-0.2, 0) is 19.1 Å². The Kier molecular flexibility index (Phi) is 4.96. The number of rotatable bonds is 4. The number of hydrogen-bond donors (Lipinski definition) is 1. The van der Waals surface area contributed by atoms with Crippen molar-refractivity contribution < 1.29 is 19.1 Å². The van der Waals surface area contributed by atoms with Crippen molar-refractivity contribution in [1.82, 2.24) is 5.32 Å². The summed E-state index contributed by atoms with van der Waals surface area (Å²) in [5, 5.41) is 7.22. The first kappa shape index (κ1) is 17.5. The zero-order chi connectivity index (χ0) is 18.1. The Morgan fingerprint density at radius 3 is 3.00 bits per heavy atom. The molecule has 6 heteroatoms. The van der Waals surface area contributed by atoms with Crippen molar-refractivity contribution in [3.05, 3.63) is 45.9 Å². The minimum Gasteiger partial charge on any atom is -0.462 e. The molecule has 1 aromatic rings. The molecule has 3 heterocycles. The van der Waals surface area contributed by atoms with Crippen LogP contribution >= 0.6 is 11.3 Å². The molecule has 0 aromatic carbocycles. The van der Waals surface area contributed by atoms with Gasteiger partial charge in [0.05, 0.1) is 6.10 Å². The molecule has 2 aliphatic heterocycles. The zero-order valence-corrected chi connectivity index (χ0v) is 15.5. The third-order valence-electron chi connectivity index (χ3n) is 5.38. The van der Waals surface area contributed by atoms with Crippen LogP contribution in [-0.4, -0.2) is 31.1 Å². The highest BCUT2D eigenvalue weighted by atomic mass is 32.1. The van der Waals surface area contributed by atoms with E-state index < -0.39 is 5.92 Å². The molecule has 5 nitrogen and oxygen atoms in total. The van der Waals surface area contributed by atoms with Crippen LogP contribution in [0.5, 0.6) is 0 Å². The number of thiophene rings is 1. The number of carbonyl (C=O) groups excluding carboxylic acids is 2. The summed E-state index contributed by atoms with van der Waals surface area (Å²) in [5.74, 6) is -1.11. The number of ketones is 1. The molecular formula is C20H23NO4S. The normalized spacial score (nSPS) is 28.7. The first-order valence-corrected chi connectivity index (χ1v) is 10.1. The van der Waals surface area contributed by atoms with E-state index in [1.165, 1.54) is 0 Å². The molecule has 4 rings (SSSR count). The van der Waals surface area contributed by atoms with E-state index in [9.17, 15) is 9.59 Å². The number of Topliss-reactive ketones (excluding diaryl/α,β-unsaturated/α-hetero) is 1. The molecule has 138 valence electrons. The molecule has 1 aliphatic carbocycles. The molecule has 3 unspecified atom stereocenters. The Morgan fingerprint density at radius 1 is 1.38 bits per heavy atom. The van der Waals surface area contributed by atoms with Gasteiger partial charge in [-0.3, -0.25) is 9.59 Å². The van der Waals surface area contributed by atoms with Gasteiger partial charge in [-0.1, -0.05) is 6.58 Å². The van der Waals surface area contributed by atoms with E-state index >= 15 is 0 Å². The maximum atomic E-state index is 12.9. The zero-order valence-electron chi connectivity index (χ0n) is 14.7. The smallest absolute Gasteiger partial charge is 0.315 e. The van der Waals surface area contributed by atoms with Gasteiger partial charge in [-0.05, 0) is 48.1 Å². The van der Waals surface area contributed by atoms with Gasteiger partial charge in [-0.15, -0.1) is 0 Å². The van der Waals surface area contributed by atoms with Crippen molar-refractivity contribution in [2.24, 2.45) is 5.92 Å². The first-order valence-electron chi connectivity index (χ1n) is 9.17. The van der Waals surface area contributed by atoms with Crippen LogP contribution in [0.4, 0.5) is 0 Å². The molecule has 1 N–H and O–H groups in total. The summed E-state index contributed by atoms with van der Waals surface area (Å²) >= 11 is 1.57. The number of ether oxygens (including phenoxy) is 2. The second-order valence-corrected chi connectivity index (χ2v) is 7.88.